The van der Waals surface area contributed by atoms with E-state index < -0.39 is 11.9 Å². The molecule has 2 heterocycles. The van der Waals surface area contributed by atoms with Crippen LogP contribution in [0.15, 0.2) is 69.8 Å². The topological polar surface area (TPSA) is 83.4 Å². The number of ether oxygens (including phenoxy) is 4. The van der Waals surface area contributed by atoms with Crippen LogP contribution in [0.2, 0.25) is 10.0 Å². The summed E-state index contributed by atoms with van der Waals surface area (Å²) in [5, 5.41) is 0.735. The summed E-state index contributed by atoms with van der Waals surface area (Å²) >= 11 is 15.5. The van der Waals surface area contributed by atoms with Crippen LogP contribution in [-0.2, 0) is 9.53 Å². The third-order valence-corrected chi connectivity index (χ3v) is 5.90. The summed E-state index contributed by atoms with van der Waals surface area (Å²) in [6, 6.07) is 14.5. The number of carbonyl (C=O) groups is 2. The first kappa shape index (κ1) is 22.5. The first-order valence-corrected chi connectivity index (χ1v) is 11.3. The summed E-state index contributed by atoms with van der Waals surface area (Å²) in [7, 11) is 0. The van der Waals surface area contributed by atoms with Crippen LogP contribution in [0.4, 0.5) is 0 Å². The highest BCUT2D eigenvalue weighted by Gasteiger charge is 2.26. The summed E-state index contributed by atoms with van der Waals surface area (Å²) in [6.45, 7) is 0.0953. The van der Waals surface area contributed by atoms with Gasteiger partial charge in [0.25, 0.3) is 0 Å². The Morgan fingerprint density at radius 3 is 2.68 bits per heavy atom. The van der Waals surface area contributed by atoms with E-state index in [2.05, 4.69) is 20.9 Å². The summed E-state index contributed by atoms with van der Waals surface area (Å²) < 4.78 is 22.2. The zero-order chi connectivity index (χ0) is 23.8. The number of aliphatic imine (C=N–C) groups is 1. The molecule has 0 aliphatic carbocycles. The van der Waals surface area contributed by atoms with Crippen molar-refractivity contribution in [3.05, 3.63) is 91.5 Å². The highest BCUT2D eigenvalue weighted by Crippen LogP contribution is 2.34. The lowest BCUT2D eigenvalue weighted by Gasteiger charge is -2.09. The number of halogens is 3. The maximum absolute atomic E-state index is 12.8. The minimum absolute atomic E-state index is 0.0134. The molecule has 34 heavy (non-hydrogen) atoms. The maximum atomic E-state index is 12.8. The fourth-order valence-electron chi connectivity index (χ4n) is 3.24. The third-order valence-electron chi connectivity index (χ3n) is 4.86. The van der Waals surface area contributed by atoms with Gasteiger partial charge in [0.05, 0.1) is 16.1 Å². The van der Waals surface area contributed by atoms with Gasteiger partial charge in [0.2, 0.25) is 12.7 Å². The van der Waals surface area contributed by atoms with E-state index in [1.165, 1.54) is 12.1 Å². The van der Waals surface area contributed by atoms with Gasteiger partial charge in [-0.1, -0.05) is 39.1 Å². The minimum atomic E-state index is -0.672. The largest absolute Gasteiger partial charge is 0.454 e. The number of carbonyl (C=O) groups excluding carboxylic acids is 2. The molecule has 0 bridgehead atoms. The normalized spacial score (nSPS) is 15.3. The second kappa shape index (κ2) is 9.13. The van der Waals surface area contributed by atoms with Crippen LogP contribution < -0.4 is 14.2 Å². The fourth-order valence-corrected chi connectivity index (χ4v) is 4.11. The SMILES string of the molecule is O=C1OC(c2ccc(Cl)cc2Cl)=NC1=Cc1cc(Br)ccc1OC(=O)c1ccc2c(c1)OCO2. The van der Waals surface area contributed by atoms with Crippen molar-refractivity contribution >= 4 is 63.0 Å². The molecule has 5 rings (SSSR count). The molecule has 2 aliphatic heterocycles. The first-order chi connectivity index (χ1) is 16.4. The molecule has 3 aromatic rings. The number of hydrogen-bond donors (Lipinski definition) is 0. The predicted molar refractivity (Wildman–Crippen MR) is 129 cm³/mol. The Balaban J connectivity index is 1.45. The van der Waals surface area contributed by atoms with Crippen LogP contribution in [0.25, 0.3) is 6.08 Å². The number of hydrogen-bond acceptors (Lipinski definition) is 7. The van der Waals surface area contributed by atoms with Gasteiger partial charge in [-0.05, 0) is 60.7 Å². The van der Waals surface area contributed by atoms with Crippen LogP contribution in [0.1, 0.15) is 21.5 Å². The number of esters is 2. The van der Waals surface area contributed by atoms with Gasteiger partial charge in [-0.3, -0.25) is 0 Å². The molecule has 2 aliphatic rings. The molecule has 0 saturated heterocycles. The number of cyclic esters (lactones) is 1. The molecule has 0 N–H and O–H groups in total. The lowest BCUT2D eigenvalue weighted by Crippen LogP contribution is -2.09. The molecule has 0 amide bonds. The Hall–Kier alpha value is -3.33. The van der Waals surface area contributed by atoms with Crippen LogP contribution in [0.5, 0.6) is 17.2 Å². The van der Waals surface area contributed by atoms with Crippen molar-refractivity contribution in [3.63, 3.8) is 0 Å². The van der Waals surface area contributed by atoms with E-state index in [0.29, 0.717) is 37.1 Å². The third kappa shape index (κ3) is 4.52. The van der Waals surface area contributed by atoms with Crippen molar-refractivity contribution in [1.29, 1.82) is 0 Å². The minimum Gasteiger partial charge on any atom is -0.454 e. The summed E-state index contributed by atoms with van der Waals surface area (Å²) in [5.74, 6) is 0.00968. The zero-order valence-electron chi connectivity index (χ0n) is 17.0. The Morgan fingerprint density at radius 1 is 1.03 bits per heavy atom. The molecule has 0 unspecified atom stereocenters. The Bertz CT molecular complexity index is 1420. The highest BCUT2D eigenvalue weighted by atomic mass is 79.9. The molecule has 0 atom stereocenters. The molecule has 0 saturated carbocycles. The van der Waals surface area contributed by atoms with E-state index in [9.17, 15) is 9.59 Å². The van der Waals surface area contributed by atoms with Gasteiger partial charge in [-0.25, -0.2) is 14.6 Å². The molecule has 170 valence electrons. The summed E-state index contributed by atoms with van der Waals surface area (Å²) in [6.07, 6.45) is 1.46. The van der Waals surface area contributed by atoms with Gasteiger partial charge in [-0.15, -0.1) is 0 Å². The monoisotopic (exact) mass is 559 g/mol. The van der Waals surface area contributed by atoms with Gasteiger partial charge in [0.15, 0.2) is 17.2 Å². The Kier molecular flexibility index (Phi) is 6.03. The first-order valence-electron chi connectivity index (χ1n) is 9.77. The number of nitrogens with zero attached hydrogens (tertiary/aromatic N) is 1. The molecule has 0 spiro atoms. The predicted octanol–water partition coefficient (Wildman–Crippen LogP) is 6.05. The van der Waals surface area contributed by atoms with Crippen molar-refractivity contribution < 1.29 is 28.5 Å². The van der Waals surface area contributed by atoms with Crippen LogP contribution in [-0.4, -0.2) is 24.6 Å². The van der Waals surface area contributed by atoms with Gasteiger partial charge >= 0.3 is 11.9 Å². The molecule has 0 aromatic heterocycles. The van der Waals surface area contributed by atoms with Crippen molar-refractivity contribution in [2.45, 2.75) is 0 Å². The number of benzene rings is 3. The highest BCUT2D eigenvalue weighted by molar-refractivity contribution is 9.10. The summed E-state index contributed by atoms with van der Waals surface area (Å²) in [4.78, 5) is 29.5. The van der Waals surface area contributed by atoms with Crippen LogP contribution in [0, 0.1) is 0 Å². The van der Waals surface area contributed by atoms with Crippen LogP contribution in [0.3, 0.4) is 0 Å². The molecule has 10 heteroatoms. The Labute approximate surface area is 211 Å². The quantitative estimate of drug-likeness (QED) is 0.219. The molecule has 3 aromatic carbocycles. The molecular weight excluding hydrogens is 549 g/mol. The van der Waals surface area contributed by atoms with E-state index in [1.807, 2.05) is 0 Å². The van der Waals surface area contributed by atoms with E-state index >= 15 is 0 Å². The van der Waals surface area contributed by atoms with Crippen LogP contribution >= 0.6 is 39.1 Å². The van der Waals surface area contributed by atoms with Gasteiger partial charge in [0, 0.05) is 15.1 Å². The fraction of sp³-hybridized carbons (Fsp3) is 0.0417. The van der Waals surface area contributed by atoms with E-state index in [0.717, 1.165) is 0 Å². The second-order valence-electron chi connectivity index (χ2n) is 7.10. The standard InChI is InChI=1S/C24H12BrCl2NO6/c25-14-2-6-19(33-23(29)12-1-5-20-21(9-12)32-11-31-20)13(7-14)8-18-24(30)34-22(28-18)16-4-3-15(26)10-17(16)27/h1-10H,11H2. The molecule has 0 fully saturated rings. The van der Waals surface area contributed by atoms with Crippen molar-refractivity contribution in [2.24, 2.45) is 4.99 Å². The van der Waals surface area contributed by atoms with Crippen molar-refractivity contribution in [1.82, 2.24) is 0 Å². The number of fused-ring (bicyclic) bond motifs is 1. The van der Waals surface area contributed by atoms with Gasteiger partial charge < -0.3 is 18.9 Å². The van der Waals surface area contributed by atoms with E-state index in [-0.39, 0.29) is 29.7 Å². The zero-order valence-corrected chi connectivity index (χ0v) is 20.1. The molecule has 7 nitrogen and oxygen atoms in total. The second-order valence-corrected chi connectivity index (χ2v) is 8.86. The maximum Gasteiger partial charge on any atom is 0.363 e. The molecular formula is C24H12BrCl2NO6. The number of rotatable bonds is 4. The lowest BCUT2D eigenvalue weighted by molar-refractivity contribution is -0.129. The summed E-state index contributed by atoms with van der Waals surface area (Å²) in [5.41, 5.74) is 1.15. The smallest absolute Gasteiger partial charge is 0.363 e. The Morgan fingerprint density at radius 2 is 1.85 bits per heavy atom. The van der Waals surface area contributed by atoms with Crippen molar-refractivity contribution in [3.8, 4) is 17.2 Å². The average molecular weight is 561 g/mol. The van der Waals surface area contributed by atoms with E-state index in [4.69, 9.17) is 42.1 Å². The lowest BCUT2D eigenvalue weighted by atomic mass is 10.1. The van der Waals surface area contributed by atoms with Gasteiger partial charge in [0.1, 0.15) is 5.75 Å². The van der Waals surface area contributed by atoms with Crippen molar-refractivity contribution in [2.75, 3.05) is 6.79 Å². The average Bonchev–Trinajstić information content (AvgIpc) is 3.41. The van der Waals surface area contributed by atoms with E-state index in [1.54, 1.807) is 48.5 Å². The molecule has 0 radical (unpaired) electrons. The van der Waals surface area contributed by atoms with Gasteiger partial charge in [-0.2, -0.15) is 0 Å².